The number of amides is 2. The van der Waals surface area contributed by atoms with Crippen molar-refractivity contribution in [1.82, 2.24) is 19.6 Å². The molecule has 136 valence electrons. The van der Waals surface area contributed by atoms with Crippen molar-refractivity contribution in [3.8, 4) is 5.69 Å². The summed E-state index contributed by atoms with van der Waals surface area (Å²) in [7, 11) is 1.38. The highest BCUT2D eigenvalue weighted by molar-refractivity contribution is 5.98. The number of benzene rings is 1. The van der Waals surface area contributed by atoms with Crippen LogP contribution in [0.15, 0.2) is 30.3 Å². The van der Waals surface area contributed by atoms with Crippen LogP contribution in [0.25, 0.3) is 5.69 Å². The van der Waals surface area contributed by atoms with Crippen molar-refractivity contribution in [2.24, 2.45) is 0 Å². The molecule has 3 heterocycles. The molecule has 1 saturated heterocycles. The first-order valence-corrected chi connectivity index (χ1v) is 8.83. The second-order valence-electron chi connectivity index (χ2n) is 6.84. The summed E-state index contributed by atoms with van der Waals surface area (Å²) >= 11 is 0. The molecule has 0 aliphatic carbocycles. The third-order valence-corrected chi connectivity index (χ3v) is 5.37. The number of para-hydroxylation sites is 1. The smallest absolute Gasteiger partial charge is 0.409 e. The van der Waals surface area contributed by atoms with Gasteiger partial charge in [0.25, 0.3) is 5.91 Å². The summed E-state index contributed by atoms with van der Waals surface area (Å²) in [5.41, 5.74) is 3.37. The van der Waals surface area contributed by atoms with Gasteiger partial charge in [0.1, 0.15) is 5.69 Å². The second-order valence-corrected chi connectivity index (χ2v) is 6.84. The molecule has 0 saturated carbocycles. The van der Waals surface area contributed by atoms with E-state index in [9.17, 15) is 9.59 Å². The Balaban J connectivity index is 1.67. The van der Waals surface area contributed by atoms with Gasteiger partial charge >= 0.3 is 6.09 Å². The lowest BCUT2D eigenvalue weighted by Gasteiger charge is -2.29. The average Bonchev–Trinajstić information content (AvgIpc) is 3.32. The molecule has 1 aromatic heterocycles. The van der Waals surface area contributed by atoms with E-state index in [1.54, 1.807) is 9.58 Å². The fourth-order valence-electron chi connectivity index (χ4n) is 4.18. The Kier molecular flexibility index (Phi) is 3.94. The lowest BCUT2D eigenvalue weighted by Crippen LogP contribution is -2.41. The first kappa shape index (κ1) is 16.6. The lowest BCUT2D eigenvalue weighted by atomic mass is 10.1. The fraction of sp³-hybridized carbons (Fsp3) is 0.421. The number of fused-ring (bicyclic) bond motifs is 1. The van der Waals surface area contributed by atoms with E-state index in [1.807, 2.05) is 49.1 Å². The minimum absolute atomic E-state index is 0.00683. The fourth-order valence-corrected chi connectivity index (χ4v) is 4.18. The molecule has 0 radical (unpaired) electrons. The Morgan fingerprint density at radius 1 is 1.27 bits per heavy atom. The molecule has 0 bridgehead atoms. The van der Waals surface area contributed by atoms with Crippen LogP contribution in [0.2, 0.25) is 0 Å². The number of aromatic nitrogens is 2. The normalized spacial score (nSPS) is 22.0. The van der Waals surface area contributed by atoms with Crippen molar-refractivity contribution >= 4 is 12.0 Å². The zero-order chi connectivity index (χ0) is 18.4. The van der Waals surface area contributed by atoms with E-state index < -0.39 is 0 Å². The summed E-state index contributed by atoms with van der Waals surface area (Å²) in [5, 5.41) is 4.61. The Morgan fingerprint density at radius 3 is 2.69 bits per heavy atom. The average molecular weight is 354 g/mol. The number of aryl methyl sites for hydroxylation is 1. The molecule has 1 fully saturated rings. The van der Waals surface area contributed by atoms with E-state index in [0.717, 1.165) is 23.4 Å². The van der Waals surface area contributed by atoms with Crippen molar-refractivity contribution in [1.29, 1.82) is 0 Å². The predicted molar refractivity (Wildman–Crippen MR) is 95.3 cm³/mol. The number of carbonyl (C=O) groups excluding carboxylic acids is 2. The Morgan fingerprint density at radius 2 is 2.00 bits per heavy atom. The molecule has 0 N–H and O–H groups in total. The standard InChI is InChI=1S/C19H22N4O3/c1-12-16-13(2)22(15-9-10-21(11-15)19(25)26-3)18(24)17(16)23(20-12)14-7-5-4-6-8-14/h4-8,13,15H,9-11H2,1-3H3. The van der Waals surface area contributed by atoms with Crippen molar-refractivity contribution < 1.29 is 14.3 Å². The van der Waals surface area contributed by atoms with Gasteiger partial charge in [0, 0.05) is 18.7 Å². The van der Waals surface area contributed by atoms with Crippen LogP contribution in [-0.4, -0.2) is 57.8 Å². The first-order chi connectivity index (χ1) is 12.5. The highest BCUT2D eigenvalue weighted by atomic mass is 16.5. The zero-order valence-electron chi connectivity index (χ0n) is 15.2. The van der Waals surface area contributed by atoms with Gasteiger partial charge in [-0.25, -0.2) is 9.48 Å². The molecule has 2 atom stereocenters. The van der Waals surface area contributed by atoms with Crippen LogP contribution in [0, 0.1) is 6.92 Å². The summed E-state index contributed by atoms with van der Waals surface area (Å²) in [5.74, 6) is -0.0198. The van der Waals surface area contributed by atoms with Crippen LogP contribution < -0.4 is 0 Å². The lowest BCUT2D eigenvalue weighted by molar-refractivity contribution is 0.0634. The number of carbonyl (C=O) groups is 2. The Hall–Kier alpha value is -2.83. The molecule has 4 rings (SSSR count). The van der Waals surface area contributed by atoms with E-state index >= 15 is 0 Å². The zero-order valence-corrected chi connectivity index (χ0v) is 15.2. The quantitative estimate of drug-likeness (QED) is 0.831. The molecule has 2 aromatic rings. The maximum absolute atomic E-state index is 13.3. The molecule has 2 aliphatic heterocycles. The van der Waals surface area contributed by atoms with Gasteiger partial charge in [0.2, 0.25) is 0 Å². The van der Waals surface area contributed by atoms with Gasteiger partial charge < -0.3 is 14.5 Å². The van der Waals surface area contributed by atoms with Gasteiger partial charge in [-0.15, -0.1) is 0 Å². The van der Waals surface area contributed by atoms with Crippen molar-refractivity contribution in [2.45, 2.75) is 32.4 Å². The number of nitrogens with zero attached hydrogens (tertiary/aromatic N) is 4. The number of likely N-dealkylation sites (tertiary alicyclic amines) is 1. The predicted octanol–water partition coefficient (Wildman–Crippen LogP) is 2.54. The van der Waals surface area contributed by atoms with Crippen molar-refractivity contribution in [2.75, 3.05) is 20.2 Å². The highest BCUT2D eigenvalue weighted by Gasteiger charge is 2.45. The topological polar surface area (TPSA) is 67.7 Å². The molecule has 2 amide bonds. The number of ether oxygens (including phenoxy) is 1. The van der Waals surface area contributed by atoms with Crippen LogP contribution in [-0.2, 0) is 4.74 Å². The van der Waals surface area contributed by atoms with E-state index in [1.165, 1.54) is 7.11 Å². The molecule has 0 spiro atoms. The molecular weight excluding hydrogens is 332 g/mol. The van der Waals surface area contributed by atoms with Crippen LogP contribution in [0.1, 0.15) is 41.1 Å². The van der Waals surface area contributed by atoms with Crippen LogP contribution in [0.4, 0.5) is 4.79 Å². The monoisotopic (exact) mass is 354 g/mol. The molecule has 2 aliphatic rings. The number of hydrogen-bond acceptors (Lipinski definition) is 4. The number of hydrogen-bond donors (Lipinski definition) is 0. The van der Waals surface area contributed by atoms with Gasteiger partial charge in [0.15, 0.2) is 0 Å². The van der Waals surface area contributed by atoms with Crippen molar-refractivity contribution in [3.63, 3.8) is 0 Å². The SMILES string of the molecule is COC(=O)N1CCC(N2C(=O)c3c(c(C)nn3-c3ccccc3)C2C)C1. The molecule has 2 unspecified atom stereocenters. The third kappa shape index (κ3) is 2.38. The summed E-state index contributed by atoms with van der Waals surface area (Å²) in [6.45, 7) is 5.09. The van der Waals surface area contributed by atoms with Crippen LogP contribution in [0.3, 0.4) is 0 Å². The molecule has 26 heavy (non-hydrogen) atoms. The van der Waals surface area contributed by atoms with E-state index in [-0.39, 0.29) is 24.1 Å². The van der Waals surface area contributed by atoms with Crippen LogP contribution >= 0.6 is 0 Å². The Labute approximate surface area is 152 Å². The molecule has 7 nitrogen and oxygen atoms in total. The van der Waals surface area contributed by atoms with Gasteiger partial charge in [-0.2, -0.15) is 5.10 Å². The largest absolute Gasteiger partial charge is 0.453 e. The molecule has 1 aromatic carbocycles. The highest BCUT2D eigenvalue weighted by Crippen LogP contribution is 2.39. The molecular formula is C19H22N4O3. The van der Waals surface area contributed by atoms with E-state index in [4.69, 9.17) is 4.74 Å². The van der Waals surface area contributed by atoms with Gasteiger partial charge in [0.05, 0.1) is 30.6 Å². The van der Waals surface area contributed by atoms with E-state index in [0.29, 0.717) is 18.8 Å². The van der Waals surface area contributed by atoms with Gasteiger partial charge in [-0.05, 0) is 32.4 Å². The first-order valence-electron chi connectivity index (χ1n) is 8.83. The summed E-state index contributed by atoms with van der Waals surface area (Å²) in [6.07, 6.45) is 0.420. The maximum Gasteiger partial charge on any atom is 0.409 e. The summed E-state index contributed by atoms with van der Waals surface area (Å²) in [6, 6.07) is 9.64. The van der Waals surface area contributed by atoms with Gasteiger partial charge in [-0.3, -0.25) is 4.79 Å². The molecule has 7 heteroatoms. The Bertz CT molecular complexity index is 861. The van der Waals surface area contributed by atoms with Gasteiger partial charge in [-0.1, -0.05) is 18.2 Å². The minimum Gasteiger partial charge on any atom is -0.453 e. The van der Waals surface area contributed by atoms with Crippen molar-refractivity contribution in [3.05, 3.63) is 47.3 Å². The number of methoxy groups -OCH3 is 1. The third-order valence-electron chi connectivity index (χ3n) is 5.37. The van der Waals surface area contributed by atoms with Crippen LogP contribution in [0.5, 0.6) is 0 Å². The maximum atomic E-state index is 13.3. The summed E-state index contributed by atoms with van der Waals surface area (Å²) in [4.78, 5) is 28.6. The van der Waals surface area contributed by atoms with E-state index in [2.05, 4.69) is 5.10 Å². The summed E-state index contributed by atoms with van der Waals surface area (Å²) < 4.78 is 6.56. The second kappa shape index (κ2) is 6.16. The number of rotatable bonds is 2. The minimum atomic E-state index is -0.337.